The summed E-state index contributed by atoms with van der Waals surface area (Å²) in [6, 6.07) is 6.48. The largest absolute Gasteiger partial charge is 0.489 e. The lowest BCUT2D eigenvalue weighted by atomic mass is 10.0. The Hall–Kier alpha value is -2.07. The van der Waals surface area contributed by atoms with Gasteiger partial charge in [-0.3, -0.25) is 4.98 Å². The third-order valence-corrected chi connectivity index (χ3v) is 2.78. The number of aromatic carboxylic acids is 1. The summed E-state index contributed by atoms with van der Waals surface area (Å²) in [5, 5.41) is 9.43. The first kappa shape index (κ1) is 14.3. The molecule has 1 N–H and O–H groups in total. The molecular formula is C15H14ClNO3. The van der Waals surface area contributed by atoms with E-state index in [0.29, 0.717) is 16.3 Å². The Morgan fingerprint density at radius 3 is 2.60 bits per heavy atom. The average Bonchev–Trinajstić information content (AvgIpc) is 2.37. The maximum Gasteiger partial charge on any atom is 0.335 e. The van der Waals surface area contributed by atoms with Crippen molar-refractivity contribution in [2.24, 2.45) is 0 Å². The van der Waals surface area contributed by atoms with Gasteiger partial charge in [0.15, 0.2) is 0 Å². The van der Waals surface area contributed by atoms with Crippen molar-refractivity contribution < 1.29 is 14.6 Å². The molecule has 5 heteroatoms. The van der Waals surface area contributed by atoms with E-state index in [4.69, 9.17) is 21.4 Å². The molecular weight excluding hydrogens is 278 g/mol. The molecule has 2 rings (SSSR count). The van der Waals surface area contributed by atoms with Crippen molar-refractivity contribution >= 4 is 17.6 Å². The first-order valence-electron chi connectivity index (χ1n) is 6.11. The number of carboxylic acids is 1. The first-order valence-corrected chi connectivity index (χ1v) is 6.49. The summed E-state index contributed by atoms with van der Waals surface area (Å²) in [6.45, 7) is 3.85. The van der Waals surface area contributed by atoms with E-state index >= 15 is 0 Å². The van der Waals surface area contributed by atoms with Gasteiger partial charge in [-0.2, -0.15) is 0 Å². The molecule has 0 spiro atoms. The lowest BCUT2D eigenvalue weighted by molar-refractivity contribution is 0.0697. The predicted molar refractivity (Wildman–Crippen MR) is 77.4 cm³/mol. The molecule has 0 aliphatic rings. The summed E-state index contributed by atoms with van der Waals surface area (Å²) in [5.74, 6) is -0.384. The molecule has 0 amide bonds. The van der Waals surface area contributed by atoms with Gasteiger partial charge in [0, 0.05) is 16.8 Å². The van der Waals surface area contributed by atoms with Crippen molar-refractivity contribution in [1.29, 1.82) is 0 Å². The number of hydrogen-bond donors (Lipinski definition) is 1. The first-order chi connectivity index (χ1) is 9.45. The van der Waals surface area contributed by atoms with Crippen LogP contribution in [0.5, 0.6) is 5.75 Å². The second-order valence-electron chi connectivity index (χ2n) is 4.61. The summed E-state index contributed by atoms with van der Waals surface area (Å²) in [4.78, 5) is 15.2. The Balaban J connectivity index is 2.43. The van der Waals surface area contributed by atoms with E-state index in [-0.39, 0.29) is 11.7 Å². The standard InChI is InChI=1S/C15H14ClNO3/c1-9(2)20-14-6-12(7-17-8-14)10-3-11(15(18)19)5-13(16)4-10/h3-9H,1-2H3,(H,18,19). The summed E-state index contributed by atoms with van der Waals surface area (Å²) < 4.78 is 5.57. The Labute approximate surface area is 122 Å². The predicted octanol–water partition coefficient (Wildman–Crippen LogP) is 3.89. The molecule has 0 atom stereocenters. The number of aromatic nitrogens is 1. The van der Waals surface area contributed by atoms with Gasteiger partial charge in [-0.05, 0) is 43.7 Å². The van der Waals surface area contributed by atoms with E-state index < -0.39 is 5.97 Å². The van der Waals surface area contributed by atoms with E-state index in [2.05, 4.69) is 4.98 Å². The molecule has 0 aliphatic carbocycles. The van der Waals surface area contributed by atoms with E-state index in [1.54, 1.807) is 24.5 Å². The zero-order chi connectivity index (χ0) is 14.7. The number of carbonyl (C=O) groups is 1. The van der Waals surface area contributed by atoms with Crippen LogP contribution in [0.25, 0.3) is 11.1 Å². The van der Waals surface area contributed by atoms with Crippen molar-refractivity contribution in [1.82, 2.24) is 4.98 Å². The number of benzene rings is 1. The molecule has 0 fully saturated rings. The maximum atomic E-state index is 11.1. The molecule has 2 aromatic rings. The number of pyridine rings is 1. The quantitative estimate of drug-likeness (QED) is 0.928. The minimum atomic E-state index is -1.02. The third kappa shape index (κ3) is 3.48. The molecule has 1 aromatic heterocycles. The lowest BCUT2D eigenvalue weighted by Gasteiger charge is -2.11. The topological polar surface area (TPSA) is 59.4 Å². The zero-order valence-corrected chi connectivity index (χ0v) is 11.9. The second kappa shape index (κ2) is 5.92. The van der Waals surface area contributed by atoms with Gasteiger partial charge in [0.25, 0.3) is 0 Å². The van der Waals surface area contributed by atoms with Crippen LogP contribution in [0.4, 0.5) is 0 Å². The Kier molecular flexibility index (Phi) is 4.25. The minimum Gasteiger partial charge on any atom is -0.489 e. The summed E-state index contributed by atoms with van der Waals surface area (Å²) in [6.07, 6.45) is 3.30. The fourth-order valence-electron chi connectivity index (χ4n) is 1.79. The summed E-state index contributed by atoms with van der Waals surface area (Å²) in [7, 11) is 0. The van der Waals surface area contributed by atoms with Crippen molar-refractivity contribution in [3.8, 4) is 16.9 Å². The number of hydrogen-bond acceptors (Lipinski definition) is 3. The molecule has 0 unspecified atom stereocenters. The van der Waals surface area contributed by atoms with Gasteiger partial charge in [0.2, 0.25) is 0 Å². The van der Waals surface area contributed by atoms with Gasteiger partial charge >= 0.3 is 5.97 Å². The number of halogens is 1. The second-order valence-corrected chi connectivity index (χ2v) is 5.05. The molecule has 20 heavy (non-hydrogen) atoms. The van der Waals surface area contributed by atoms with Crippen molar-refractivity contribution in [3.63, 3.8) is 0 Å². The molecule has 0 radical (unpaired) electrons. The van der Waals surface area contributed by atoms with Crippen molar-refractivity contribution in [3.05, 3.63) is 47.2 Å². The van der Waals surface area contributed by atoms with Crippen LogP contribution in [0.1, 0.15) is 24.2 Å². The molecule has 4 nitrogen and oxygen atoms in total. The van der Waals surface area contributed by atoms with Crippen molar-refractivity contribution in [2.45, 2.75) is 20.0 Å². The van der Waals surface area contributed by atoms with Crippen LogP contribution in [-0.2, 0) is 0 Å². The van der Waals surface area contributed by atoms with E-state index in [0.717, 1.165) is 5.56 Å². The van der Waals surface area contributed by atoms with Crippen LogP contribution < -0.4 is 4.74 Å². The highest BCUT2D eigenvalue weighted by atomic mass is 35.5. The van der Waals surface area contributed by atoms with E-state index in [9.17, 15) is 4.79 Å². The third-order valence-electron chi connectivity index (χ3n) is 2.56. The van der Waals surface area contributed by atoms with E-state index in [1.165, 1.54) is 6.07 Å². The molecule has 0 saturated heterocycles. The number of carboxylic acid groups (broad SMARTS) is 1. The monoisotopic (exact) mass is 291 g/mol. The summed E-state index contributed by atoms with van der Waals surface area (Å²) in [5.41, 5.74) is 1.59. The normalized spacial score (nSPS) is 10.6. The molecule has 1 heterocycles. The lowest BCUT2D eigenvalue weighted by Crippen LogP contribution is -2.05. The smallest absolute Gasteiger partial charge is 0.335 e. The molecule has 1 aromatic carbocycles. The van der Waals surface area contributed by atoms with Crippen LogP contribution in [0.3, 0.4) is 0 Å². The van der Waals surface area contributed by atoms with Gasteiger partial charge in [0.05, 0.1) is 17.9 Å². The van der Waals surface area contributed by atoms with Crippen LogP contribution >= 0.6 is 11.6 Å². The van der Waals surface area contributed by atoms with Gasteiger partial charge in [-0.15, -0.1) is 0 Å². The number of rotatable bonds is 4. The van der Waals surface area contributed by atoms with Crippen LogP contribution in [-0.4, -0.2) is 22.2 Å². The van der Waals surface area contributed by atoms with Gasteiger partial charge in [-0.25, -0.2) is 4.79 Å². The van der Waals surface area contributed by atoms with Crippen LogP contribution in [0.2, 0.25) is 5.02 Å². The maximum absolute atomic E-state index is 11.1. The Morgan fingerprint density at radius 2 is 1.95 bits per heavy atom. The van der Waals surface area contributed by atoms with Crippen LogP contribution in [0.15, 0.2) is 36.7 Å². The van der Waals surface area contributed by atoms with Gasteiger partial charge < -0.3 is 9.84 Å². The molecule has 0 bridgehead atoms. The minimum absolute atomic E-state index is 0.0426. The van der Waals surface area contributed by atoms with Gasteiger partial charge in [-0.1, -0.05) is 11.6 Å². The highest BCUT2D eigenvalue weighted by Crippen LogP contribution is 2.27. The Bertz CT molecular complexity index is 641. The molecule has 0 saturated carbocycles. The fourth-order valence-corrected chi connectivity index (χ4v) is 2.03. The van der Waals surface area contributed by atoms with Gasteiger partial charge in [0.1, 0.15) is 5.75 Å². The Morgan fingerprint density at radius 1 is 1.20 bits per heavy atom. The van der Waals surface area contributed by atoms with E-state index in [1.807, 2.05) is 19.9 Å². The zero-order valence-electron chi connectivity index (χ0n) is 11.1. The highest BCUT2D eigenvalue weighted by molar-refractivity contribution is 6.31. The molecule has 0 aliphatic heterocycles. The fraction of sp³-hybridized carbons (Fsp3) is 0.200. The van der Waals surface area contributed by atoms with Crippen molar-refractivity contribution in [2.75, 3.05) is 0 Å². The SMILES string of the molecule is CC(C)Oc1cncc(-c2cc(Cl)cc(C(=O)O)c2)c1. The number of nitrogens with zero attached hydrogens (tertiary/aromatic N) is 1. The average molecular weight is 292 g/mol. The number of ether oxygens (including phenoxy) is 1. The molecule has 104 valence electrons. The highest BCUT2D eigenvalue weighted by Gasteiger charge is 2.09. The van der Waals surface area contributed by atoms with Crippen LogP contribution in [0, 0.1) is 0 Å². The summed E-state index contributed by atoms with van der Waals surface area (Å²) >= 11 is 5.95.